The summed E-state index contributed by atoms with van der Waals surface area (Å²) in [4.78, 5) is 25.2. The smallest absolute Gasteiger partial charge is 0.328 e. The first-order chi connectivity index (χ1) is 9.36. The second kappa shape index (κ2) is 6.79. The lowest BCUT2D eigenvalue weighted by Crippen LogP contribution is -2.30. The van der Waals surface area contributed by atoms with Crippen LogP contribution >= 0.6 is 0 Å². The monoisotopic (exact) mass is 279 g/mol. The van der Waals surface area contributed by atoms with E-state index in [1.54, 1.807) is 46.1 Å². The second-order valence-corrected chi connectivity index (χ2v) is 4.62. The molecule has 0 spiro atoms. The van der Waals surface area contributed by atoms with Crippen molar-refractivity contribution in [3.8, 4) is 0 Å². The van der Waals surface area contributed by atoms with Crippen LogP contribution in [0, 0.1) is 0 Å². The molecule has 0 heterocycles. The predicted octanol–water partition coefficient (Wildman–Crippen LogP) is 1.33. The summed E-state index contributed by atoms with van der Waals surface area (Å²) in [5.74, 6) is -0.540. The van der Waals surface area contributed by atoms with Gasteiger partial charge in [-0.3, -0.25) is 4.79 Å². The van der Waals surface area contributed by atoms with Crippen molar-refractivity contribution in [2.45, 2.75) is 19.9 Å². The first-order valence-corrected chi connectivity index (χ1v) is 6.41. The quantitative estimate of drug-likeness (QED) is 0.627. The highest BCUT2D eigenvalue weighted by molar-refractivity contribution is 6.00. The average Bonchev–Trinajstić information content (AvgIpc) is 2.38. The van der Waals surface area contributed by atoms with Gasteiger partial charge < -0.3 is 20.7 Å². The van der Waals surface area contributed by atoms with E-state index in [-0.39, 0.29) is 11.9 Å². The van der Waals surface area contributed by atoms with Crippen molar-refractivity contribution in [1.29, 1.82) is 0 Å². The Morgan fingerprint density at radius 1 is 1.40 bits per heavy atom. The standard InChI is InChI=1S/C14H21N3O3/c1-5-20-14(19)9(2)16-12-8-10(15)6-7-11(12)13(18)17(3)4/h6-9,16H,5,15H2,1-4H3. The number of amides is 1. The van der Waals surface area contributed by atoms with E-state index >= 15 is 0 Å². The molecule has 0 aliphatic rings. The van der Waals surface area contributed by atoms with Crippen molar-refractivity contribution in [1.82, 2.24) is 4.90 Å². The molecule has 1 aromatic carbocycles. The topological polar surface area (TPSA) is 84.7 Å². The van der Waals surface area contributed by atoms with Gasteiger partial charge in [-0.2, -0.15) is 0 Å². The molecule has 1 rings (SSSR count). The minimum absolute atomic E-state index is 0.163. The summed E-state index contributed by atoms with van der Waals surface area (Å²) >= 11 is 0. The number of ether oxygens (including phenoxy) is 1. The van der Waals surface area contributed by atoms with E-state index in [1.807, 2.05) is 0 Å². The molecule has 6 nitrogen and oxygen atoms in total. The molecule has 0 aliphatic carbocycles. The Morgan fingerprint density at radius 3 is 2.60 bits per heavy atom. The van der Waals surface area contributed by atoms with Crippen molar-refractivity contribution in [3.05, 3.63) is 23.8 Å². The summed E-state index contributed by atoms with van der Waals surface area (Å²) < 4.78 is 4.93. The number of nitrogens with two attached hydrogens (primary N) is 1. The molecule has 3 N–H and O–H groups in total. The molecule has 0 fully saturated rings. The van der Waals surface area contributed by atoms with E-state index in [1.165, 1.54) is 4.90 Å². The van der Waals surface area contributed by atoms with Crippen molar-refractivity contribution in [2.24, 2.45) is 0 Å². The molecule has 110 valence electrons. The summed E-state index contributed by atoms with van der Waals surface area (Å²) in [6, 6.07) is 4.35. The minimum Gasteiger partial charge on any atom is -0.464 e. The van der Waals surface area contributed by atoms with E-state index in [4.69, 9.17) is 10.5 Å². The van der Waals surface area contributed by atoms with Gasteiger partial charge in [-0.25, -0.2) is 4.79 Å². The van der Waals surface area contributed by atoms with Gasteiger partial charge in [0.15, 0.2) is 0 Å². The van der Waals surface area contributed by atoms with Gasteiger partial charge in [-0.05, 0) is 32.0 Å². The van der Waals surface area contributed by atoms with Crippen LogP contribution in [0.25, 0.3) is 0 Å². The maximum Gasteiger partial charge on any atom is 0.328 e. The molecular formula is C14H21N3O3. The highest BCUT2D eigenvalue weighted by Gasteiger charge is 2.19. The van der Waals surface area contributed by atoms with Crippen LogP contribution in [-0.4, -0.2) is 43.5 Å². The van der Waals surface area contributed by atoms with Crippen LogP contribution in [0.5, 0.6) is 0 Å². The van der Waals surface area contributed by atoms with Crippen LogP contribution < -0.4 is 11.1 Å². The normalized spacial score (nSPS) is 11.6. The van der Waals surface area contributed by atoms with Gasteiger partial charge in [-0.1, -0.05) is 0 Å². The van der Waals surface area contributed by atoms with E-state index in [2.05, 4.69) is 5.32 Å². The second-order valence-electron chi connectivity index (χ2n) is 4.62. The van der Waals surface area contributed by atoms with E-state index in [0.29, 0.717) is 23.5 Å². The first kappa shape index (κ1) is 15.8. The Hall–Kier alpha value is -2.24. The average molecular weight is 279 g/mol. The predicted molar refractivity (Wildman–Crippen MR) is 78.6 cm³/mol. The maximum atomic E-state index is 12.1. The first-order valence-electron chi connectivity index (χ1n) is 6.41. The zero-order valence-electron chi connectivity index (χ0n) is 12.3. The minimum atomic E-state index is -0.564. The largest absolute Gasteiger partial charge is 0.464 e. The molecule has 1 amide bonds. The van der Waals surface area contributed by atoms with Gasteiger partial charge in [-0.15, -0.1) is 0 Å². The molecule has 0 aromatic heterocycles. The lowest BCUT2D eigenvalue weighted by Gasteiger charge is -2.19. The molecule has 6 heteroatoms. The summed E-state index contributed by atoms with van der Waals surface area (Å²) in [5.41, 5.74) is 7.22. The van der Waals surface area contributed by atoms with Crippen LogP contribution in [-0.2, 0) is 9.53 Å². The van der Waals surface area contributed by atoms with Crippen LogP contribution in [0.15, 0.2) is 18.2 Å². The fourth-order valence-electron chi connectivity index (χ4n) is 1.67. The number of nitrogens with zero attached hydrogens (tertiary/aromatic N) is 1. The van der Waals surface area contributed by atoms with Crippen molar-refractivity contribution >= 4 is 23.3 Å². The molecule has 0 saturated heterocycles. The number of nitrogen functional groups attached to an aromatic ring is 1. The van der Waals surface area contributed by atoms with Crippen LogP contribution in [0.4, 0.5) is 11.4 Å². The molecular weight excluding hydrogens is 258 g/mol. The van der Waals surface area contributed by atoms with E-state index in [9.17, 15) is 9.59 Å². The number of carbonyl (C=O) groups excluding carboxylic acids is 2. The lowest BCUT2D eigenvalue weighted by atomic mass is 10.1. The lowest BCUT2D eigenvalue weighted by molar-refractivity contribution is -0.143. The molecule has 1 aromatic rings. The molecule has 0 bridgehead atoms. The number of hydrogen-bond donors (Lipinski definition) is 2. The molecule has 20 heavy (non-hydrogen) atoms. The van der Waals surface area contributed by atoms with Crippen molar-refractivity contribution in [3.63, 3.8) is 0 Å². The van der Waals surface area contributed by atoms with E-state index in [0.717, 1.165) is 0 Å². The Bertz CT molecular complexity index is 500. The van der Waals surface area contributed by atoms with Gasteiger partial charge in [0.25, 0.3) is 5.91 Å². The number of carbonyl (C=O) groups is 2. The van der Waals surface area contributed by atoms with Crippen LogP contribution in [0.1, 0.15) is 24.2 Å². The fourth-order valence-corrected chi connectivity index (χ4v) is 1.67. The Kier molecular flexibility index (Phi) is 5.37. The van der Waals surface area contributed by atoms with E-state index < -0.39 is 6.04 Å². The molecule has 0 radical (unpaired) electrons. The number of nitrogens with one attached hydrogen (secondary N) is 1. The third kappa shape index (κ3) is 3.88. The highest BCUT2D eigenvalue weighted by atomic mass is 16.5. The Balaban J connectivity index is 3.01. The van der Waals surface area contributed by atoms with Crippen molar-refractivity contribution in [2.75, 3.05) is 31.8 Å². The van der Waals surface area contributed by atoms with Gasteiger partial charge >= 0.3 is 5.97 Å². The third-order valence-electron chi connectivity index (χ3n) is 2.69. The van der Waals surface area contributed by atoms with Crippen molar-refractivity contribution < 1.29 is 14.3 Å². The maximum absolute atomic E-state index is 12.1. The molecule has 0 aliphatic heterocycles. The van der Waals surface area contributed by atoms with Crippen LogP contribution in [0.3, 0.4) is 0 Å². The number of hydrogen-bond acceptors (Lipinski definition) is 5. The van der Waals surface area contributed by atoms with Gasteiger partial charge in [0.2, 0.25) is 0 Å². The van der Waals surface area contributed by atoms with Gasteiger partial charge in [0.1, 0.15) is 6.04 Å². The highest BCUT2D eigenvalue weighted by Crippen LogP contribution is 2.21. The van der Waals surface area contributed by atoms with Gasteiger partial charge in [0, 0.05) is 25.5 Å². The number of esters is 1. The van der Waals surface area contributed by atoms with Crippen LogP contribution in [0.2, 0.25) is 0 Å². The van der Waals surface area contributed by atoms with Gasteiger partial charge in [0.05, 0.1) is 12.2 Å². The SMILES string of the molecule is CCOC(=O)C(C)Nc1cc(N)ccc1C(=O)N(C)C. The number of benzene rings is 1. The number of rotatable bonds is 5. The molecule has 0 saturated carbocycles. The Labute approximate surface area is 118 Å². The molecule has 1 unspecified atom stereocenters. The Morgan fingerprint density at radius 2 is 2.05 bits per heavy atom. The summed E-state index contributed by atoms with van der Waals surface area (Å²) in [5, 5.41) is 2.97. The third-order valence-corrected chi connectivity index (χ3v) is 2.69. The fraction of sp³-hybridized carbons (Fsp3) is 0.429. The number of anilines is 2. The molecule has 1 atom stereocenters. The summed E-state index contributed by atoms with van der Waals surface area (Å²) in [6.45, 7) is 3.72. The zero-order valence-corrected chi connectivity index (χ0v) is 12.3. The summed E-state index contributed by atoms with van der Waals surface area (Å²) in [7, 11) is 3.33. The summed E-state index contributed by atoms with van der Waals surface area (Å²) in [6.07, 6.45) is 0. The zero-order chi connectivity index (χ0) is 15.3.